The Balaban J connectivity index is 1.61. The molecule has 1 amide bonds. The standard InChI is InChI=1S/C19H18N4O2/c1-25-17-8-3-2-7-16(17)19(24)23-18-10-9-15(13-22-18)21-12-14-6-4-5-11-20-14/h2-11,13,21H,12H2,1H3,(H,22,23,24). The van der Waals surface area contributed by atoms with Gasteiger partial charge >= 0.3 is 0 Å². The number of aromatic nitrogens is 2. The van der Waals surface area contributed by atoms with Gasteiger partial charge in [0.2, 0.25) is 0 Å². The van der Waals surface area contributed by atoms with E-state index in [2.05, 4.69) is 20.6 Å². The Hall–Kier alpha value is -3.41. The van der Waals surface area contributed by atoms with Crippen LogP contribution in [0.25, 0.3) is 0 Å². The molecule has 3 rings (SSSR count). The van der Waals surface area contributed by atoms with Crippen LogP contribution in [0.3, 0.4) is 0 Å². The number of amides is 1. The lowest BCUT2D eigenvalue weighted by Gasteiger charge is -2.09. The number of benzene rings is 1. The highest BCUT2D eigenvalue weighted by Gasteiger charge is 2.12. The Morgan fingerprint density at radius 3 is 2.60 bits per heavy atom. The summed E-state index contributed by atoms with van der Waals surface area (Å²) in [7, 11) is 1.53. The molecule has 0 saturated carbocycles. The van der Waals surface area contributed by atoms with Crippen LogP contribution in [-0.4, -0.2) is 23.0 Å². The molecule has 3 aromatic rings. The number of hydrogen-bond donors (Lipinski definition) is 2. The molecule has 0 saturated heterocycles. The molecule has 2 aromatic heterocycles. The van der Waals surface area contributed by atoms with Crippen LogP contribution in [0.1, 0.15) is 16.1 Å². The molecule has 0 spiro atoms. The Kier molecular flexibility index (Phi) is 5.21. The third kappa shape index (κ3) is 4.32. The molecule has 25 heavy (non-hydrogen) atoms. The van der Waals surface area contributed by atoms with Gasteiger partial charge in [-0.1, -0.05) is 18.2 Å². The summed E-state index contributed by atoms with van der Waals surface area (Å²) in [6.07, 6.45) is 3.42. The van der Waals surface area contributed by atoms with Gasteiger partial charge in [0.15, 0.2) is 0 Å². The summed E-state index contributed by atoms with van der Waals surface area (Å²) in [6, 6.07) is 16.4. The van der Waals surface area contributed by atoms with Crippen molar-refractivity contribution in [2.75, 3.05) is 17.7 Å². The molecule has 6 nitrogen and oxygen atoms in total. The van der Waals surface area contributed by atoms with E-state index >= 15 is 0 Å². The van der Waals surface area contributed by atoms with Crippen LogP contribution < -0.4 is 15.4 Å². The fourth-order valence-electron chi connectivity index (χ4n) is 2.28. The van der Waals surface area contributed by atoms with Crippen molar-refractivity contribution in [1.29, 1.82) is 0 Å². The molecule has 0 aliphatic heterocycles. The number of hydrogen-bond acceptors (Lipinski definition) is 5. The molecule has 0 radical (unpaired) electrons. The van der Waals surface area contributed by atoms with Crippen LogP contribution in [0, 0.1) is 0 Å². The lowest BCUT2D eigenvalue weighted by molar-refractivity contribution is 0.102. The molecular weight excluding hydrogens is 316 g/mol. The van der Waals surface area contributed by atoms with Crippen molar-refractivity contribution in [2.45, 2.75) is 6.54 Å². The summed E-state index contributed by atoms with van der Waals surface area (Å²) in [4.78, 5) is 20.8. The second kappa shape index (κ2) is 7.92. The van der Waals surface area contributed by atoms with Gasteiger partial charge < -0.3 is 15.4 Å². The van der Waals surface area contributed by atoms with Gasteiger partial charge in [-0.2, -0.15) is 0 Å². The number of carbonyl (C=O) groups is 1. The van der Waals surface area contributed by atoms with E-state index < -0.39 is 0 Å². The molecule has 0 bridgehead atoms. The van der Waals surface area contributed by atoms with Crippen LogP contribution in [0.2, 0.25) is 0 Å². The smallest absolute Gasteiger partial charge is 0.260 e. The topological polar surface area (TPSA) is 76.1 Å². The molecule has 0 aliphatic carbocycles. The van der Waals surface area contributed by atoms with E-state index in [1.165, 1.54) is 7.11 Å². The number of methoxy groups -OCH3 is 1. The van der Waals surface area contributed by atoms with Gasteiger partial charge in [-0.25, -0.2) is 4.98 Å². The van der Waals surface area contributed by atoms with Crippen LogP contribution in [-0.2, 0) is 6.54 Å². The van der Waals surface area contributed by atoms with E-state index in [1.54, 1.807) is 36.7 Å². The normalized spacial score (nSPS) is 10.1. The summed E-state index contributed by atoms with van der Waals surface area (Å²) in [5.41, 5.74) is 2.25. The molecule has 2 heterocycles. The zero-order valence-electron chi connectivity index (χ0n) is 13.8. The highest BCUT2D eigenvalue weighted by molar-refractivity contribution is 6.05. The van der Waals surface area contributed by atoms with Crippen LogP contribution in [0.15, 0.2) is 67.0 Å². The molecule has 126 valence electrons. The second-order valence-electron chi connectivity index (χ2n) is 5.26. The van der Waals surface area contributed by atoms with Crippen molar-refractivity contribution in [2.24, 2.45) is 0 Å². The van der Waals surface area contributed by atoms with Crippen molar-refractivity contribution in [1.82, 2.24) is 9.97 Å². The summed E-state index contributed by atoms with van der Waals surface area (Å²) < 4.78 is 5.20. The molecular formula is C19H18N4O2. The van der Waals surface area contributed by atoms with Gasteiger partial charge in [-0.15, -0.1) is 0 Å². The van der Waals surface area contributed by atoms with Crippen molar-refractivity contribution >= 4 is 17.4 Å². The minimum Gasteiger partial charge on any atom is -0.496 e. The highest BCUT2D eigenvalue weighted by atomic mass is 16.5. The molecule has 0 aliphatic rings. The molecule has 6 heteroatoms. The van der Waals surface area contributed by atoms with Gasteiger partial charge in [0.05, 0.1) is 36.8 Å². The van der Waals surface area contributed by atoms with Gasteiger partial charge in [0.1, 0.15) is 11.6 Å². The van der Waals surface area contributed by atoms with Crippen molar-refractivity contribution in [3.8, 4) is 5.75 Å². The summed E-state index contributed by atoms with van der Waals surface area (Å²) in [5, 5.41) is 6.00. The van der Waals surface area contributed by atoms with Gasteiger partial charge in [-0.3, -0.25) is 9.78 Å². The van der Waals surface area contributed by atoms with Crippen molar-refractivity contribution < 1.29 is 9.53 Å². The maximum atomic E-state index is 12.3. The lowest BCUT2D eigenvalue weighted by atomic mass is 10.2. The predicted octanol–water partition coefficient (Wildman–Crippen LogP) is 3.35. The van der Waals surface area contributed by atoms with Crippen LogP contribution in [0.4, 0.5) is 11.5 Å². The van der Waals surface area contributed by atoms with E-state index in [4.69, 9.17) is 4.74 Å². The lowest BCUT2D eigenvalue weighted by Crippen LogP contribution is -2.14. The maximum Gasteiger partial charge on any atom is 0.260 e. The quantitative estimate of drug-likeness (QED) is 0.723. The minimum atomic E-state index is -0.265. The SMILES string of the molecule is COc1ccccc1C(=O)Nc1ccc(NCc2ccccn2)cn1. The molecule has 2 N–H and O–H groups in total. The Labute approximate surface area is 145 Å². The second-order valence-corrected chi connectivity index (χ2v) is 5.26. The maximum absolute atomic E-state index is 12.3. The first-order valence-corrected chi connectivity index (χ1v) is 7.80. The number of ether oxygens (including phenoxy) is 1. The van der Waals surface area contributed by atoms with E-state index in [0.29, 0.717) is 23.7 Å². The zero-order chi connectivity index (χ0) is 17.5. The van der Waals surface area contributed by atoms with E-state index in [-0.39, 0.29) is 5.91 Å². The largest absolute Gasteiger partial charge is 0.496 e. The van der Waals surface area contributed by atoms with Gasteiger partial charge in [0.25, 0.3) is 5.91 Å². The molecule has 1 aromatic carbocycles. The number of pyridine rings is 2. The first-order chi connectivity index (χ1) is 12.3. The number of nitrogens with one attached hydrogen (secondary N) is 2. The van der Waals surface area contributed by atoms with Gasteiger partial charge in [-0.05, 0) is 36.4 Å². The number of carbonyl (C=O) groups excluding carboxylic acids is 1. The third-order valence-corrected chi connectivity index (χ3v) is 3.56. The molecule has 0 unspecified atom stereocenters. The fourth-order valence-corrected chi connectivity index (χ4v) is 2.28. The number of anilines is 2. The number of rotatable bonds is 6. The summed E-state index contributed by atoms with van der Waals surface area (Å²) in [6.45, 7) is 0.607. The van der Waals surface area contributed by atoms with Crippen molar-refractivity contribution in [3.63, 3.8) is 0 Å². The number of nitrogens with zero attached hydrogens (tertiary/aromatic N) is 2. The minimum absolute atomic E-state index is 0.265. The van der Waals surface area contributed by atoms with E-state index in [0.717, 1.165) is 11.4 Å². The fraction of sp³-hybridized carbons (Fsp3) is 0.105. The summed E-state index contributed by atoms with van der Waals surface area (Å²) >= 11 is 0. The molecule has 0 atom stereocenters. The Morgan fingerprint density at radius 2 is 1.88 bits per heavy atom. The Morgan fingerprint density at radius 1 is 1.04 bits per heavy atom. The first-order valence-electron chi connectivity index (χ1n) is 7.80. The Bertz CT molecular complexity index is 836. The predicted molar refractivity (Wildman–Crippen MR) is 96.7 cm³/mol. The van der Waals surface area contributed by atoms with Gasteiger partial charge in [0, 0.05) is 6.20 Å². The molecule has 0 fully saturated rings. The van der Waals surface area contributed by atoms with E-state index in [1.807, 2.05) is 30.3 Å². The van der Waals surface area contributed by atoms with Crippen LogP contribution in [0.5, 0.6) is 5.75 Å². The average molecular weight is 334 g/mol. The van der Waals surface area contributed by atoms with Crippen molar-refractivity contribution in [3.05, 3.63) is 78.2 Å². The third-order valence-electron chi connectivity index (χ3n) is 3.56. The number of para-hydroxylation sites is 1. The van der Waals surface area contributed by atoms with Crippen LogP contribution >= 0.6 is 0 Å². The zero-order valence-corrected chi connectivity index (χ0v) is 13.8. The summed E-state index contributed by atoms with van der Waals surface area (Å²) in [5.74, 6) is 0.729. The monoisotopic (exact) mass is 334 g/mol. The van der Waals surface area contributed by atoms with E-state index in [9.17, 15) is 4.79 Å². The highest BCUT2D eigenvalue weighted by Crippen LogP contribution is 2.19. The average Bonchev–Trinajstić information content (AvgIpc) is 2.68. The first kappa shape index (κ1) is 16.4.